The summed E-state index contributed by atoms with van der Waals surface area (Å²) in [5, 5.41) is 3.93. The van der Waals surface area contributed by atoms with Crippen LogP contribution < -0.4 is 5.43 Å². The summed E-state index contributed by atoms with van der Waals surface area (Å²) in [5.74, 6) is 0.845. The molecule has 0 radical (unpaired) electrons. The third-order valence-corrected chi connectivity index (χ3v) is 1.64. The van der Waals surface area contributed by atoms with Crippen molar-refractivity contribution in [3.05, 3.63) is 35.9 Å². The van der Waals surface area contributed by atoms with Crippen LogP contribution in [-0.2, 0) is 0 Å². The minimum Gasteiger partial charge on any atom is -0.261 e. The van der Waals surface area contributed by atoms with E-state index < -0.39 is 0 Å². The highest BCUT2D eigenvalue weighted by molar-refractivity contribution is 6.00. The predicted molar refractivity (Wildman–Crippen MR) is 49.5 cm³/mol. The van der Waals surface area contributed by atoms with Crippen LogP contribution in [-0.4, -0.2) is 18.6 Å². The molecule has 0 atom stereocenters. The maximum Gasteiger partial charge on any atom is 0.149 e. The fourth-order valence-corrected chi connectivity index (χ4v) is 1.07. The van der Waals surface area contributed by atoms with Crippen molar-refractivity contribution in [1.82, 2.24) is 5.43 Å². The van der Waals surface area contributed by atoms with Gasteiger partial charge in [0.2, 0.25) is 0 Å². The Bertz CT molecular complexity index is 314. The molecular formula is C9H9N3. The van der Waals surface area contributed by atoms with Gasteiger partial charge < -0.3 is 0 Å². The third kappa shape index (κ3) is 1.34. The van der Waals surface area contributed by atoms with E-state index in [1.807, 2.05) is 30.3 Å². The molecule has 0 unspecified atom stereocenters. The van der Waals surface area contributed by atoms with Crippen LogP contribution >= 0.6 is 0 Å². The highest BCUT2D eigenvalue weighted by Crippen LogP contribution is 2.00. The fourth-order valence-electron chi connectivity index (χ4n) is 1.07. The largest absolute Gasteiger partial charge is 0.261 e. The molecule has 0 aliphatic carbocycles. The van der Waals surface area contributed by atoms with Gasteiger partial charge in [-0.1, -0.05) is 30.3 Å². The van der Waals surface area contributed by atoms with E-state index in [2.05, 4.69) is 15.5 Å². The molecule has 0 fully saturated rings. The molecule has 3 heteroatoms. The average molecular weight is 159 g/mol. The van der Waals surface area contributed by atoms with Crippen molar-refractivity contribution in [2.24, 2.45) is 10.1 Å². The van der Waals surface area contributed by atoms with E-state index in [1.165, 1.54) is 0 Å². The average Bonchev–Trinajstić information content (AvgIpc) is 2.21. The lowest BCUT2D eigenvalue weighted by Gasteiger charge is -2.07. The lowest BCUT2D eigenvalue weighted by Crippen LogP contribution is -2.23. The van der Waals surface area contributed by atoms with Crippen LogP contribution in [0.4, 0.5) is 0 Å². The first kappa shape index (κ1) is 7.03. The van der Waals surface area contributed by atoms with Gasteiger partial charge in [0.15, 0.2) is 0 Å². The topological polar surface area (TPSA) is 36.8 Å². The Kier molecular flexibility index (Phi) is 1.86. The standard InChI is InChI=1S/C9H9N3/c1-2-4-8(5-3-1)9-10-6-7-11-12-9/h1-5,7H,6H2,(H,10,12). The Labute approximate surface area is 70.8 Å². The molecule has 1 heterocycles. The Morgan fingerprint density at radius 1 is 1.17 bits per heavy atom. The SMILES string of the molecule is C1=NNC(c2ccccc2)=NC1. The molecule has 1 aliphatic heterocycles. The van der Waals surface area contributed by atoms with Crippen molar-refractivity contribution in [3.63, 3.8) is 0 Å². The number of hydrazone groups is 1. The molecule has 2 rings (SSSR count). The van der Waals surface area contributed by atoms with Gasteiger partial charge in [0.25, 0.3) is 0 Å². The van der Waals surface area contributed by atoms with Gasteiger partial charge in [0.1, 0.15) is 5.84 Å². The lowest BCUT2D eigenvalue weighted by molar-refractivity contribution is 0.984. The molecule has 1 aliphatic rings. The maximum absolute atomic E-state index is 4.26. The van der Waals surface area contributed by atoms with Gasteiger partial charge in [-0.15, -0.1) is 0 Å². The number of nitrogens with zero attached hydrogens (tertiary/aromatic N) is 2. The van der Waals surface area contributed by atoms with Gasteiger partial charge in [0, 0.05) is 11.8 Å². The van der Waals surface area contributed by atoms with Gasteiger partial charge in [-0.2, -0.15) is 5.10 Å². The summed E-state index contributed by atoms with van der Waals surface area (Å²) in [6.07, 6.45) is 1.74. The normalized spacial score (nSPS) is 15.2. The smallest absolute Gasteiger partial charge is 0.149 e. The van der Waals surface area contributed by atoms with Crippen molar-refractivity contribution in [3.8, 4) is 0 Å². The molecule has 0 bridgehead atoms. The van der Waals surface area contributed by atoms with Crippen molar-refractivity contribution in [2.45, 2.75) is 0 Å². The first-order chi connectivity index (χ1) is 5.97. The van der Waals surface area contributed by atoms with Crippen molar-refractivity contribution in [1.29, 1.82) is 0 Å². The molecule has 1 N–H and O–H groups in total. The van der Waals surface area contributed by atoms with E-state index in [4.69, 9.17) is 0 Å². The van der Waals surface area contributed by atoms with Gasteiger partial charge >= 0.3 is 0 Å². The van der Waals surface area contributed by atoms with E-state index in [9.17, 15) is 0 Å². The molecule has 0 saturated heterocycles. The maximum atomic E-state index is 4.26. The number of rotatable bonds is 1. The van der Waals surface area contributed by atoms with Crippen molar-refractivity contribution < 1.29 is 0 Å². The van der Waals surface area contributed by atoms with Crippen LogP contribution in [0.3, 0.4) is 0 Å². The lowest BCUT2D eigenvalue weighted by atomic mass is 10.2. The number of benzene rings is 1. The van der Waals surface area contributed by atoms with Crippen molar-refractivity contribution >= 4 is 12.1 Å². The molecule has 60 valence electrons. The quantitative estimate of drug-likeness (QED) is 0.652. The van der Waals surface area contributed by atoms with Crippen LogP contribution in [0.15, 0.2) is 40.4 Å². The van der Waals surface area contributed by atoms with Gasteiger partial charge in [-0.05, 0) is 0 Å². The predicted octanol–water partition coefficient (Wildman–Crippen LogP) is 1.02. The summed E-state index contributed by atoms with van der Waals surface area (Å²) in [6.45, 7) is 0.664. The van der Waals surface area contributed by atoms with Gasteiger partial charge in [-0.25, -0.2) is 0 Å². The Hall–Kier alpha value is -1.64. The Balaban J connectivity index is 2.26. The second-order valence-electron chi connectivity index (χ2n) is 2.48. The monoisotopic (exact) mass is 159 g/mol. The van der Waals surface area contributed by atoms with E-state index >= 15 is 0 Å². The molecular weight excluding hydrogens is 150 g/mol. The third-order valence-electron chi connectivity index (χ3n) is 1.64. The van der Waals surface area contributed by atoms with E-state index in [-0.39, 0.29) is 0 Å². The number of nitrogens with one attached hydrogen (secondary N) is 1. The van der Waals surface area contributed by atoms with Crippen LogP contribution in [0.5, 0.6) is 0 Å². The number of hydrogen-bond acceptors (Lipinski definition) is 3. The Morgan fingerprint density at radius 2 is 2.00 bits per heavy atom. The molecule has 0 saturated carbocycles. The van der Waals surface area contributed by atoms with Gasteiger partial charge in [0.05, 0.1) is 6.54 Å². The highest BCUT2D eigenvalue weighted by atomic mass is 15.3. The second kappa shape index (κ2) is 3.17. The number of amidine groups is 1. The second-order valence-corrected chi connectivity index (χ2v) is 2.48. The van der Waals surface area contributed by atoms with E-state index in [1.54, 1.807) is 6.21 Å². The van der Waals surface area contributed by atoms with E-state index in [0.717, 1.165) is 11.4 Å². The summed E-state index contributed by atoms with van der Waals surface area (Å²) < 4.78 is 0. The first-order valence-corrected chi connectivity index (χ1v) is 3.84. The molecule has 1 aromatic carbocycles. The molecule has 3 nitrogen and oxygen atoms in total. The zero-order valence-electron chi connectivity index (χ0n) is 6.57. The first-order valence-electron chi connectivity index (χ1n) is 3.84. The molecule has 0 aromatic heterocycles. The summed E-state index contributed by atoms with van der Waals surface area (Å²) in [4.78, 5) is 4.26. The minimum atomic E-state index is 0.664. The molecule has 0 spiro atoms. The van der Waals surface area contributed by atoms with Crippen LogP contribution in [0, 0.1) is 0 Å². The molecule has 1 aromatic rings. The summed E-state index contributed by atoms with van der Waals surface area (Å²) >= 11 is 0. The molecule has 0 amide bonds. The van der Waals surface area contributed by atoms with Crippen LogP contribution in [0.2, 0.25) is 0 Å². The van der Waals surface area contributed by atoms with Crippen molar-refractivity contribution in [2.75, 3.05) is 6.54 Å². The number of aliphatic imine (C=N–C) groups is 1. The molecule has 12 heavy (non-hydrogen) atoms. The highest BCUT2D eigenvalue weighted by Gasteiger charge is 2.01. The van der Waals surface area contributed by atoms with Crippen LogP contribution in [0.25, 0.3) is 0 Å². The summed E-state index contributed by atoms with van der Waals surface area (Å²) in [7, 11) is 0. The van der Waals surface area contributed by atoms with Gasteiger partial charge in [-0.3, -0.25) is 10.4 Å². The fraction of sp³-hybridized carbons (Fsp3) is 0.111. The Morgan fingerprint density at radius 3 is 2.67 bits per heavy atom. The number of hydrogen-bond donors (Lipinski definition) is 1. The zero-order valence-corrected chi connectivity index (χ0v) is 6.57. The summed E-state index contributed by atoms with van der Waals surface area (Å²) in [5.41, 5.74) is 3.93. The van der Waals surface area contributed by atoms with Crippen LogP contribution in [0.1, 0.15) is 5.56 Å². The minimum absolute atomic E-state index is 0.664. The zero-order chi connectivity index (χ0) is 8.23. The summed E-state index contributed by atoms with van der Waals surface area (Å²) in [6, 6.07) is 9.96. The van der Waals surface area contributed by atoms with E-state index in [0.29, 0.717) is 6.54 Å².